The van der Waals surface area contributed by atoms with E-state index in [-0.39, 0.29) is 17.4 Å². The van der Waals surface area contributed by atoms with Crippen LogP contribution in [0.1, 0.15) is 30.1 Å². The van der Waals surface area contributed by atoms with Crippen LogP contribution < -0.4 is 15.4 Å². The third-order valence-corrected chi connectivity index (χ3v) is 3.34. The van der Waals surface area contributed by atoms with E-state index in [1.165, 1.54) is 31.2 Å². The van der Waals surface area contributed by atoms with Crippen molar-refractivity contribution in [3.63, 3.8) is 0 Å². The molecule has 0 saturated heterocycles. The number of alkyl halides is 2. The van der Waals surface area contributed by atoms with E-state index in [0.29, 0.717) is 0 Å². The number of hydrogen-bond donors (Lipinski definition) is 2. The predicted molar refractivity (Wildman–Crippen MR) is 82.1 cm³/mol. The summed E-state index contributed by atoms with van der Waals surface area (Å²) in [6.07, 6.45) is 0.824. The topological polar surface area (TPSA) is 93.7 Å². The number of ether oxygens (including phenoxy) is 2. The van der Waals surface area contributed by atoms with E-state index in [4.69, 9.17) is 4.74 Å². The third kappa shape index (κ3) is 6.02. The largest absolute Gasteiger partial charge is 0.451 e. The molecule has 1 aliphatic carbocycles. The van der Waals surface area contributed by atoms with Gasteiger partial charge in [-0.25, -0.2) is 0 Å². The second kappa shape index (κ2) is 8.41. The van der Waals surface area contributed by atoms with Crippen LogP contribution in [0.3, 0.4) is 0 Å². The van der Waals surface area contributed by atoms with Gasteiger partial charge in [0, 0.05) is 6.04 Å². The van der Waals surface area contributed by atoms with Crippen LogP contribution in [0.15, 0.2) is 24.3 Å². The van der Waals surface area contributed by atoms with Gasteiger partial charge in [0.05, 0.1) is 5.56 Å². The smallest absolute Gasteiger partial charge is 0.387 e. The van der Waals surface area contributed by atoms with Crippen LogP contribution in [0, 0.1) is 0 Å². The monoisotopic (exact) mass is 356 g/mol. The fourth-order valence-corrected chi connectivity index (χ4v) is 1.94. The molecule has 9 heteroatoms. The fraction of sp³-hybridized carbons (Fsp3) is 0.438. The lowest BCUT2D eigenvalue weighted by atomic mass is 10.2. The summed E-state index contributed by atoms with van der Waals surface area (Å²) in [6, 6.07) is 5.53. The Balaban J connectivity index is 1.82. The summed E-state index contributed by atoms with van der Waals surface area (Å²) in [5.41, 5.74) is -0.143. The van der Waals surface area contributed by atoms with E-state index in [2.05, 4.69) is 15.4 Å². The summed E-state index contributed by atoms with van der Waals surface area (Å²) < 4.78 is 33.8. The maximum Gasteiger partial charge on any atom is 0.387 e. The normalized spacial score (nSPS) is 14.6. The summed E-state index contributed by atoms with van der Waals surface area (Å²) in [5.74, 6) is -2.30. The average Bonchev–Trinajstić information content (AvgIpc) is 3.36. The summed E-state index contributed by atoms with van der Waals surface area (Å²) in [5, 5.41) is 4.92. The second-order valence-electron chi connectivity index (χ2n) is 5.47. The minimum absolute atomic E-state index is 0.139. The Morgan fingerprint density at radius 3 is 2.56 bits per heavy atom. The molecule has 2 N–H and O–H groups in total. The van der Waals surface area contributed by atoms with Crippen LogP contribution in [-0.2, 0) is 14.3 Å². The molecule has 0 heterocycles. The quantitative estimate of drug-likeness (QED) is 0.684. The standard InChI is InChI=1S/C16H18F2N2O5/c1-9(14(22)20-10-6-7-10)24-13(21)8-19-15(23)11-4-2-3-5-12(11)25-16(17)18/h2-5,9-10,16H,6-8H2,1H3,(H,19,23)(H,20,22)/t9-/m0/s1. The molecule has 1 aromatic carbocycles. The van der Waals surface area contributed by atoms with Crippen LogP contribution in [0.25, 0.3) is 0 Å². The number of carbonyl (C=O) groups excluding carboxylic acids is 3. The van der Waals surface area contributed by atoms with Gasteiger partial charge in [-0.15, -0.1) is 0 Å². The van der Waals surface area contributed by atoms with Crippen LogP contribution in [0.5, 0.6) is 5.75 Å². The highest BCUT2D eigenvalue weighted by atomic mass is 19.3. The Labute approximate surface area is 142 Å². The maximum atomic E-state index is 12.3. The van der Waals surface area contributed by atoms with Crippen molar-refractivity contribution in [1.29, 1.82) is 0 Å². The molecule has 2 rings (SSSR count). The molecule has 0 unspecified atom stereocenters. The van der Waals surface area contributed by atoms with Gasteiger partial charge in [-0.1, -0.05) is 12.1 Å². The number of esters is 1. The van der Waals surface area contributed by atoms with Gasteiger partial charge in [-0.05, 0) is 31.9 Å². The highest BCUT2D eigenvalue weighted by molar-refractivity contribution is 5.98. The molecular formula is C16H18F2N2O5. The first-order chi connectivity index (χ1) is 11.9. The molecule has 0 bridgehead atoms. The van der Waals surface area contributed by atoms with Crippen molar-refractivity contribution in [2.24, 2.45) is 0 Å². The van der Waals surface area contributed by atoms with Crippen molar-refractivity contribution in [2.75, 3.05) is 6.54 Å². The molecule has 0 radical (unpaired) electrons. The lowest BCUT2D eigenvalue weighted by molar-refractivity contribution is -0.153. The van der Waals surface area contributed by atoms with Crippen molar-refractivity contribution >= 4 is 17.8 Å². The molecular weight excluding hydrogens is 338 g/mol. The van der Waals surface area contributed by atoms with Gasteiger partial charge in [-0.2, -0.15) is 8.78 Å². The third-order valence-electron chi connectivity index (χ3n) is 3.34. The minimum Gasteiger partial charge on any atom is -0.451 e. The molecule has 1 saturated carbocycles. The van der Waals surface area contributed by atoms with Gasteiger partial charge in [0.2, 0.25) is 0 Å². The van der Waals surface area contributed by atoms with E-state index >= 15 is 0 Å². The first-order valence-corrected chi connectivity index (χ1v) is 7.68. The number of amides is 2. The van der Waals surface area contributed by atoms with E-state index in [0.717, 1.165) is 12.8 Å². The average molecular weight is 356 g/mol. The molecule has 0 aromatic heterocycles. The van der Waals surface area contributed by atoms with Crippen molar-refractivity contribution in [3.05, 3.63) is 29.8 Å². The fourth-order valence-electron chi connectivity index (χ4n) is 1.94. The zero-order valence-electron chi connectivity index (χ0n) is 13.5. The molecule has 0 spiro atoms. The van der Waals surface area contributed by atoms with Gasteiger partial charge in [0.15, 0.2) is 6.10 Å². The molecule has 1 aromatic rings. The minimum atomic E-state index is -3.08. The first-order valence-electron chi connectivity index (χ1n) is 7.68. The summed E-state index contributed by atoms with van der Waals surface area (Å²) in [6.45, 7) is -2.17. The number of rotatable bonds is 8. The summed E-state index contributed by atoms with van der Waals surface area (Å²) >= 11 is 0. The molecule has 1 fully saturated rings. The second-order valence-corrected chi connectivity index (χ2v) is 5.47. The summed E-state index contributed by atoms with van der Waals surface area (Å²) in [4.78, 5) is 35.4. The molecule has 1 aliphatic rings. The molecule has 25 heavy (non-hydrogen) atoms. The predicted octanol–water partition coefficient (Wildman–Crippen LogP) is 1.23. The maximum absolute atomic E-state index is 12.3. The highest BCUT2D eigenvalue weighted by Gasteiger charge is 2.27. The molecule has 1 atom stereocenters. The van der Waals surface area contributed by atoms with Crippen molar-refractivity contribution in [2.45, 2.75) is 38.5 Å². The number of para-hydroxylation sites is 1. The van der Waals surface area contributed by atoms with Gasteiger partial charge < -0.3 is 20.1 Å². The van der Waals surface area contributed by atoms with Gasteiger partial charge >= 0.3 is 12.6 Å². The Morgan fingerprint density at radius 2 is 1.92 bits per heavy atom. The first kappa shape index (κ1) is 18.6. The Hall–Kier alpha value is -2.71. The molecule has 136 valence electrons. The van der Waals surface area contributed by atoms with Gasteiger partial charge in [-0.3, -0.25) is 14.4 Å². The van der Waals surface area contributed by atoms with E-state index < -0.39 is 37.0 Å². The van der Waals surface area contributed by atoms with E-state index in [9.17, 15) is 23.2 Å². The number of hydrogen-bond acceptors (Lipinski definition) is 5. The van der Waals surface area contributed by atoms with Crippen LogP contribution in [0.4, 0.5) is 8.78 Å². The van der Waals surface area contributed by atoms with Crippen molar-refractivity contribution in [1.82, 2.24) is 10.6 Å². The number of nitrogens with one attached hydrogen (secondary N) is 2. The molecule has 7 nitrogen and oxygen atoms in total. The molecule has 2 amide bonds. The van der Waals surface area contributed by atoms with Gasteiger partial charge in [0.25, 0.3) is 11.8 Å². The number of benzene rings is 1. The van der Waals surface area contributed by atoms with E-state index in [1.54, 1.807) is 0 Å². The zero-order valence-corrected chi connectivity index (χ0v) is 13.5. The highest BCUT2D eigenvalue weighted by Crippen LogP contribution is 2.20. The lowest BCUT2D eigenvalue weighted by Crippen LogP contribution is -2.39. The van der Waals surface area contributed by atoms with Gasteiger partial charge in [0.1, 0.15) is 12.3 Å². The van der Waals surface area contributed by atoms with Crippen molar-refractivity contribution in [3.8, 4) is 5.75 Å². The SMILES string of the molecule is C[C@H](OC(=O)CNC(=O)c1ccccc1OC(F)F)C(=O)NC1CC1. The van der Waals surface area contributed by atoms with Crippen molar-refractivity contribution < 1.29 is 32.6 Å². The van der Waals surface area contributed by atoms with Crippen LogP contribution in [0.2, 0.25) is 0 Å². The van der Waals surface area contributed by atoms with Crippen LogP contribution >= 0.6 is 0 Å². The Morgan fingerprint density at radius 1 is 1.24 bits per heavy atom. The summed E-state index contributed by atoms with van der Waals surface area (Å²) in [7, 11) is 0. The van der Waals surface area contributed by atoms with Crippen LogP contribution in [-0.4, -0.2) is 43.1 Å². The van der Waals surface area contributed by atoms with E-state index in [1.807, 2.05) is 0 Å². The number of carbonyl (C=O) groups is 3. The Bertz CT molecular complexity index is 649. The zero-order chi connectivity index (χ0) is 18.4. The lowest BCUT2D eigenvalue weighted by Gasteiger charge is -2.14. The Kier molecular flexibility index (Phi) is 6.26. The number of halogens is 2. The molecule has 0 aliphatic heterocycles.